The SMILES string of the molecule is CSC(N)=Nc1cc(C)c(C)cc1C. The summed E-state index contributed by atoms with van der Waals surface area (Å²) < 4.78 is 0. The number of hydrogen-bond acceptors (Lipinski definition) is 2. The van der Waals surface area contributed by atoms with E-state index >= 15 is 0 Å². The number of thioether (sulfide) groups is 1. The van der Waals surface area contributed by atoms with Crippen molar-refractivity contribution in [3.8, 4) is 0 Å². The van der Waals surface area contributed by atoms with E-state index in [1.165, 1.54) is 28.5 Å². The molecule has 1 rings (SSSR count). The summed E-state index contributed by atoms with van der Waals surface area (Å²) >= 11 is 1.47. The average molecular weight is 208 g/mol. The van der Waals surface area contributed by atoms with Crippen LogP contribution in [-0.2, 0) is 0 Å². The van der Waals surface area contributed by atoms with Crippen LogP contribution in [0.2, 0.25) is 0 Å². The Morgan fingerprint density at radius 2 is 1.71 bits per heavy atom. The normalized spacial score (nSPS) is 11.9. The molecule has 0 amide bonds. The first kappa shape index (κ1) is 11.1. The fraction of sp³-hybridized carbons (Fsp3) is 0.364. The summed E-state index contributed by atoms with van der Waals surface area (Å²) in [5, 5.41) is 0.608. The summed E-state index contributed by atoms with van der Waals surface area (Å²) in [5.74, 6) is 0. The van der Waals surface area contributed by atoms with E-state index in [2.05, 4.69) is 37.9 Å². The van der Waals surface area contributed by atoms with Gasteiger partial charge in [0.15, 0.2) is 5.17 Å². The number of aliphatic imine (C=N–C) groups is 1. The van der Waals surface area contributed by atoms with Gasteiger partial charge in [-0.15, -0.1) is 0 Å². The van der Waals surface area contributed by atoms with Gasteiger partial charge < -0.3 is 5.73 Å². The van der Waals surface area contributed by atoms with Crippen molar-refractivity contribution in [3.63, 3.8) is 0 Å². The number of benzene rings is 1. The maximum atomic E-state index is 5.67. The van der Waals surface area contributed by atoms with Gasteiger partial charge in [0, 0.05) is 0 Å². The second kappa shape index (κ2) is 4.51. The Kier molecular flexibility index (Phi) is 3.58. The third kappa shape index (κ3) is 2.51. The lowest BCUT2D eigenvalue weighted by atomic mass is 10.1. The van der Waals surface area contributed by atoms with Crippen LogP contribution in [0.1, 0.15) is 16.7 Å². The Hall–Kier alpha value is -0.960. The van der Waals surface area contributed by atoms with E-state index in [1.54, 1.807) is 0 Å². The van der Waals surface area contributed by atoms with Crippen molar-refractivity contribution in [1.82, 2.24) is 0 Å². The number of nitrogens with zero attached hydrogens (tertiary/aromatic N) is 1. The van der Waals surface area contributed by atoms with Crippen molar-refractivity contribution in [2.75, 3.05) is 6.26 Å². The maximum Gasteiger partial charge on any atom is 0.158 e. The Labute approximate surface area is 89.6 Å². The lowest BCUT2D eigenvalue weighted by Crippen LogP contribution is -2.04. The molecule has 0 unspecified atom stereocenters. The highest BCUT2D eigenvalue weighted by molar-refractivity contribution is 8.13. The minimum atomic E-state index is 0.608. The van der Waals surface area contributed by atoms with E-state index in [4.69, 9.17) is 5.73 Å². The molecule has 14 heavy (non-hydrogen) atoms. The van der Waals surface area contributed by atoms with Crippen molar-refractivity contribution >= 4 is 22.6 Å². The standard InChI is InChI=1S/C11H16N2S/c1-7-5-9(3)10(6-8(7)2)13-11(12)14-4/h5-6H,1-4H3,(H2,12,13). The van der Waals surface area contributed by atoms with E-state index in [-0.39, 0.29) is 0 Å². The number of rotatable bonds is 1. The Balaban J connectivity index is 3.16. The van der Waals surface area contributed by atoms with Gasteiger partial charge in [-0.3, -0.25) is 0 Å². The molecular weight excluding hydrogens is 192 g/mol. The molecule has 3 heteroatoms. The first-order valence-electron chi connectivity index (χ1n) is 4.50. The van der Waals surface area contributed by atoms with Crippen LogP contribution < -0.4 is 5.73 Å². The third-order valence-corrected chi connectivity index (χ3v) is 2.76. The van der Waals surface area contributed by atoms with Gasteiger partial charge in [-0.05, 0) is 49.8 Å². The molecule has 0 aliphatic carbocycles. The number of nitrogens with two attached hydrogens (primary N) is 1. The Morgan fingerprint density at radius 1 is 1.14 bits per heavy atom. The maximum absolute atomic E-state index is 5.67. The second-order valence-corrected chi connectivity index (χ2v) is 4.20. The highest BCUT2D eigenvalue weighted by atomic mass is 32.2. The quantitative estimate of drug-likeness (QED) is 0.569. The van der Waals surface area contributed by atoms with Crippen LogP contribution in [0.25, 0.3) is 0 Å². The van der Waals surface area contributed by atoms with E-state index < -0.39 is 0 Å². The van der Waals surface area contributed by atoms with Crippen molar-refractivity contribution < 1.29 is 0 Å². The molecule has 0 bridgehead atoms. The highest BCUT2D eigenvalue weighted by Crippen LogP contribution is 2.23. The van der Waals surface area contributed by atoms with Gasteiger partial charge in [-0.1, -0.05) is 17.8 Å². The average Bonchev–Trinajstić information content (AvgIpc) is 2.14. The molecule has 0 aliphatic heterocycles. The lowest BCUT2D eigenvalue weighted by molar-refractivity contribution is 1.28. The molecule has 1 aromatic carbocycles. The van der Waals surface area contributed by atoms with Crippen LogP contribution in [0.15, 0.2) is 17.1 Å². The van der Waals surface area contributed by atoms with Crippen LogP contribution in [-0.4, -0.2) is 11.4 Å². The molecular formula is C11H16N2S. The molecule has 0 aromatic heterocycles. The summed E-state index contributed by atoms with van der Waals surface area (Å²) in [5.41, 5.74) is 10.4. The van der Waals surface area contributed by atoms with Gasteiger partial charge in [0.2, 0.25) is 0 Å². The zero-order valence-corrected chi connectivity index (χ0v) is 9.90. The number of amidine groups is 1. The Bertz CT molecular complexity index is 370. The summed E-state index contributed by atoms with van der Waals surface area (Å²) in [6.07, 6.45) is 1.93. The van der Waals surface area contributed by atoms with Crippen LogP contribution in [0.5, 0.6) is 0 Å². The first-order chi connectivity index (χ1) is 6.54. The monoisotopic (exact) mass is 208 g/mol. The Morgan fingerprint density at radius 3 is 2.29 bits per heavy atom. The zero-order chi connectivity index (χ0) is 10.7. The topological polar surface area (TPSA) is 38.4 Å². The van der Waals surface area contributed by atoms with Crippen molar-refractivity contribution in [3.05, 3.63) is 28.8 Å². The van der Waals surface area contributed by atoms with E-state index in [0.717, 1.165) is 5.69 Å². The molecule has 0 fully saturated rings. The molecule has 0 saturated carbocycles. The van der Waals surface area contributed by atoms with Crippen LogP contribution in [0.4, 0.5) is 5.69 Å². The molecule has 2 nitrogen and oxygen atoms in total. The van der Waals surface area contributed by atoms with Crippen molar-refractivity contribution in [1.29, 1.82) is 0 Å². The number of aryl methyl sites for hydroxylation is 3. The molecule has 1 aromatic rings. The fourth-order valence-electron chi connectivity index (χ4n) is 1.23. The molecule has 0 spiro atoms. The number of hydrogen-bond donors (Lipinski definition) is 1. The summed E-state index contributed by atoms with van der Waals surface area (Å²) in [4.78, 5) is 4.34. The summed E-state index contributed by atoms with van der Waals surface area (Å²) in [6.45, 7) is 6.25. The lowest BCUT2D eigenvalue weighted by Gasteiger charge is -2.06. The predicted octanol–water partition coefficient (Wildman–Crippen LogP) is 2.92. The third-order valence-electron chi connectivity index (χ3n) is 2.25. The molecule has 0 atom stereocenters. The second-order valence-electron chi connectivity index (χ2n) is 3.38. The van der Waals surface area contributed by atoms with Gasteiger partial charge in [-0.25, -0.2) is 4.99 Å². The van der Waals surface area contributed by atoms with Crippen LogP contribution in [0, 0.1) is 20.8 Å². The predicted molar refractivity (Wildman–Crippen MR) is 65.5 cm³/mol. The van der Waals surface area contributed by atoms with Crippen molar-refractivity contribution in [2.24, 2.45) is 10.7 Å². The van der Waals surface area contributed by atoms with Crippen LogP contribution >= 0.6 is 11.8 Å². The molecule has 76 valence electrons. The highest BCUT2D eigenvalue weighted by Gasteiger charge is 2.00. The van der Waals surface area contributed by atoms with E-state index in [1.807, 2.05) is 6.26 Å². The van der Waals surface area contributed by atoms with Gasteiger partial charge in [0.25, 0.3) is 0 Å². The molecule has 0 radical (unpaired) electrons. The van der Waals surface area contributed by atoms with E-state index in [9.17, 15) is 0 Å². The van der Waals surface area contributed by atoms with Gasteiger partial charge >= 0.3 is 0 Å². The molecule has 0 saturated heterocycles. The minimum absolute atomic E-state index is 0.608. The van der Waals surface area contributed by atoms with Gasteiger partial charge in [0.1, 0.15) is 0 Å². The zero-order valence-electron chi connectivity index (χ0n) is 9.09. The first-order valence-corrected chi connectivity index (χ1v) is 5.73. The largest absolute Gasteiger partial charge is 0.378 e. The van der Waals surface area contributed by atoms with Gasteiger partial charge in [-0.2, -0.15) is 0 Å². The van der Waals surface area contributed by atoms with Gasteiger partial charge in [0.05, 0.1) is 5.69 Å². The molecule has 0 heterocycles. The van der Waals surface area contributed by atoms with Crippen molar-refractivity contribution in [2.45, 2.75) is 20.8 Å². The summed E-state index contributed by atoms with van der Waals surface area (Å²) in [6, 6.07) is 4.22. The molecule has 2 N–H and O–H groups in total. The minimum Gasteiger partial charge on any atom is -0.378 e. The fourth-order valence-corrected chi connectivity index (χ4v) is 1.42. The smallest absolute Gasteiger partial charge is 0.158 e. The van der Waals surface area contributed by atoms with Crippen LogP contribution in [0.3, 0.4) is 0 Å². The molecule has 0 aliphatic rings. The van der Waals surface area contributed by atoms with E-state index in [0.29, 0.717) is 5.17 Å². The summed E-state index contributed by atoms with van der Waals surface area (Å²) in [7, 11) is 0.